The van der Waals surface area contributed by atoms with Crippen molar-refractivity contribution in [3.63, 3.8) is 0 Å². The minimum atomic E-state index is -0.461. The van der Waals surface area contributed by atoms with Crippen molar-refractivity contribution in [2.45, 2.75) is 11.4 Å². The summed E-state index contributed by atoms with van der Waals surface area (Å²) in [7, 11) is 0. The molecular weight excluding hydrogens is 356 g/mol. The Labute approximate surface area is 135 Å². The highest BCUT2D eigenvalue weighted by Gasteiger charge is 2.10. The molecule has 0 spiro atoms. The predicted molar refractivity (Wildman–Crippen MR) is 85.7 cm³/mol. The summed E-state index contributed by atoms with van der Waals surface area (Å²) in [5.41, 5.74) is 1.28. The zero-order valence-corrected chi connectivity index (χ0v) is 13.2. The Morgan fingerprint density at radius 1 is 1.24 bits per heavy atom. The number of carbonyl (C=O) groups excluding carboxylic acids is 1. The molecule has 0 atom stereocenters. The number of nitro benzene ring substituents is 1. The van der Waals surface area contributed by atoms with Gasteiger partial charge in [-0.25, -0.2) is 0 Å². The van der Waals surface area contributed by atoms with Crippen LogP contribution in [-0.2, 0) is 6.54 Å². The minimum Gasteiger partial charge on any atom is -0.348 e. The molecule has 0 saturated carbocycles. The Balaban J connectivity index is 2.02. The highest BCUT2D eigenvalue weighted by Crippen LogP contribution is 2.20. The van der Waals surface area contributed by atoms with Gasteiger partial charge in [-0.1, -0.05) is 28.1 Å². The Hall–Kier alpha value is -1.86. The van der Waals surface area contributed by atoms with Gasteiger partial charge in [0.15, 0.2) is 0 Å². The van der Waals surface area contributed by atoms with E-state index in [4.69, 9.17) is 0 Å². The van der Waals surface area contributed by atoms with Crippen molar-refractivity contribution < 1.29 is 9.72 Å². The van der Waals surface area contributed by atoms with Crippen molar-refractivity contribution in [3.05, 3.63) is 68.2 Å². The van der Waals surface area contributed by atoms with E-state index in [0.717, 1.165) is 10.0 Å². The zero-order chi connectivity index (χ0) is 15.4. The summed E-state index contributed by atoms with van der Waals surface area (Å²) >= 11 is 7.56. The Morgan fingerprint density at radius 3 is 2.48 bits per heavy atom. The summed E-state index contributed by atoms with van der Waals surface area (Å²) < 4.78 is 0.847. The standard InChI is InChI=1S/C14H11BrN2O3S/c15-10-3-6-12(13(21)7-10)14(18)16-8-9-1-4-11(5-2-9)17(19)20/h1-7,21H,8H2,(H,16,18). The molecule has 0 radical (unpaired) electrons. The normalized spacial score (nSPS) is 10.2. The number of amides is 1. The second-order valence-electron chi connectivity index (χ2n) is 4.27. The van der Waals surface area contributed by atoms with E-state index in [1.54, 1.807) is 30.3 Å². The smallest absolute Gasteiger partial charge is 0.269 e. The van der Waals surface area contributed by atoms with Crippen molar-refractivity contribution in [3.8, 4) is 0 Å². The molecule has 5 nitrogen and oxygen atoms in total. The first-order chi connectivity index (χ1) is 9.97. The molecule has 0 unspecified atom stereocenters. The lowest BCUT2D eigenvalue weighted by Gasteiger charge is -2.07. The molecule has 2 aromatic rings. The van der Waals surface area contributed by atoms with E-state index in [1.807, 2.05) is 0 Å². The third-order valence-electron chi connectivity index (χ3n) is 2.80. The van der Waals surface area contributed by atoms with E-state index in [-0.39, 0.29) is 11.6 Å². The third-order valence-corrected chi connectivity index (χ3v) is 3.67. The first kappa shape index (κ1) is 15.5. The molecule has 0 aliphatic carbocycles. The second-order valence-corrected chi connectivity index (χ2v) is 5.67. The van der Waals surface area contributed by atoms with Gasteiger partial charge in [-0.15, -0.1) is 12.6 Å². The molecule has 1 N–H and O–H groups in total. The van der Waals surface area contributed by atoms with Gasteiger partial charge in [-0.05, 0) is 23.8 Å². The van der Waals surface area contributed by atoms with Crippen LogP contribution in [0.15, 0.2) is 51.8 Å². The van der Waals surface area contributed by atoms with Gasteiger partial charge >= 0.3 is 0 Å². The number of nitrogens with zero attached hydrogens (tertiary/aromatic N) is 1. The van der Waals surface area contributed by atoms with Gasteiger partial charge in [0.1, 0.15) is 0 Å². The summed E-state index contributed by atoms with van der Waals surface area (Å²) in [4.78, 5) is 22.7. The van der Waals surface area contributed by atoms with Crippen LogP contribution in [0.3, 0.4) is 0 Å². The number of benzene rings is 2. The Kier molecular flexibility index (Phi) is 4.98. The van der Waals surface area contributed by atoms with E-state index < -0.39 is 4.92 Å². The predicted octanol–water partition coefficient (Wildman–Crippen LogP) is 3.58. The summed E-state index contributed by atoms with van der Waals surface area (Å²) in [5, 5.41) is 13.3. The SMILES string of the molecule is O=C(NCc1ccc([N+](=O)[O-])cc1)c1ccc(Br)cc1S. The molecule has 0 aliphatic heterocycles. The quantitative estimate of drug-likeness (QED) is 0.493. The van der Waals surface area contributed by atoms with Crippen LogP contribution in [-0.4, -0.2) is 10.8 Å². The van der Waals surface area contributed by atoms with E-state index in [2.05, 4.69) is 33.9 Å². The van der Waals surface area contributed by atoms with Crippen LogP contribution in [0.2, 0.25) is 0 Å². The van der Waals surface area contributed by atoms with Crippen LogP contribution in [0, 0.1) is 10.1 Å². The lowest BCUT2D eigenvalue weighted by Crippen LogP contribution is -2.23. The summed E-state index contributed by atoms with van der Waals surface area (Å²) in [5.74, 6) is -0.245. The molecule has 0 aromatic heterocycles. The fraction of sp³-hybridized carbons (Fsp3) is 0.0714. The monoisotopic (exact) mass is 366 g/mol. The first-order valence-corrected chi connectivity index (χ1v) is 7.21. The van der Waals surface area contributed by atoms with Crippen molar-refractivity contribution in [2.75, 3.05) is 0 Å². The highest BCUT2D eigenvalue weighted by molar-refractivity contribution is 9.10. The molecule has 7 heteroatoms. The van der Waals surface area contributed by atoms with Gasteiger partial charge in [-0.2, -0.15) is 0 Å². The van der Waals surface area contributed by atoms with Crippen LogP contribution in [0.5, 0.6) is 0 Å². The fourth-order valence-corrected chi connectivity index (χ4v) is 2.56. The van der Waals surface area contributed by atoms with Crippen LogP contribution in [0.25, 0.3) is 0 Å². The number of thiol groups is 1. The Bertz CT molecular complexity index is 689. The molecule has 0 bridgehead atoms. The average molecular weight is 367 g/mol. The van der Waals surface area contributed by atoms with E-state index in [0.29, 0.717) is 17.0 Å². The third kappa shape index (κ3) is 4.05. The number of halogens is 1. The van der Waals surface area contributed by atoms with E-state index >= 15 is 0 Å². The largest absolute Gasteiger partial charge is 0.348 e. The van der Waals surface area contributed by atoms with Gasteiger partial charge in [0.2, 0.25) is 0 Å². The van der Waals surface area contributed by atoms with Gasteiger partial charge in [0.05, 0.1) is 10.5 Å². The molecule has 21 heavy (non-hydrogen) atoms. The van der Waals surface area contributed by atoms with Crippen LogP contribution >= 0.6 is 28.6 Å². The number of non-ortho nitro benzene ring substituents is 1. The molecular formula is C14H11BrN2O3S. The topological polar surface area (TPSA) is 72.2 Å². The van der Waals surface area contributed by atoms with Gasteiger partial charge in [-0.3, -0.25) is 14.9 Å². The van der Waals surface area contributed by atoms with Crippen LogP contribution < -0.4 is 5.32 Å². The molecule has 2 aromatic carbocycles. The van der Waals surface area contributed by atoms with Crippen LogP contribution in [0.4, 0.5) is 5.69 Å². The lowest BCUT2D eigenvalue weighted by atomic mass is 10.2. The maximum absolute atomic E-state index is 12.0. The molecule has 0 fully saturated rings. The van der Waals surface area contributed by atoms with E-state index in [9.17, 15) is 14.9 Å². The van der Waals surface area contributed by atoms with Gasteiger partial charge < -0.3 is 5.32 Å². The molecule has 2 rings (SSSR count). The number of hydrogen-bond acceptors (Lipinski definition) is 4. The summed E-state index contributed by atoms with van der Waals surface area (Å²) in [6.07, 6.45) is 0. The van der Waals surface area contributed by atoms with Crippen molar-refractivity contribution in [2.24, 2.45) is 0 Å². The maximum atomic E-state index is 12.0. The van der Waals surface area contributed by atoms with Crippen molar-refractivity contribution >= 4 is 40.2 Å². The van der Waals surface area contributed by atoms with Crippen LogP contribution in [0.1, 0.15) is 15.9 Å². The average Bonchev–Trinajstić information content (AvgIpc) is 2.45. The van der Waals surface area contributed by atoms with E-state index in [1.165, 1.54) is 12.1 Å². The molecule has 1 amide bonds. The second kappa shape index (κ2) is 6.73. The van der Waals surface area contributed by atoms with Gasteiger partial charge in [0.25, 0.3) is 11.6 Å². The summed E-state index contributed by atoms with van der Waals surface area (Å²) in [6, 6.07) is 11.2. The van der Waals surface area contributed by atoms with Crippen molar-refractivity contribution in [1.29, 1.82) is 0 Å². The Morgan fingerprint density at radius 2 is 1.90 bits per heavy atom. The minimum absolute atomic E-state index is 0.0237. The highest BCUT2D eigenvalue weighted by atomic mass is 79.9. The molecule has 108 valence electrons. The zero-order valence-electron chi connectivity index (χ0n) is 10.7. The van der Waals surface area contributed by atoms with Gasteiger partial charge in [0, 0.05) is 28.0 Å². The molecule has 0 heterocycles. The number of rotatable bonds is 4. The molecule has 0 saturated heterocycles. The fourth-order valence-electron chi connectivity index (χ4n) is 1.71. The summed E-state index contributed by atoms with van der Waals surface area (Å²) in [6.45, 7) is 0.292. The maximum Gasteiger partial charge on any atom is 0.269 e. The lowest BCUT2D eigenvalue weighted by molar-refractivity contribution is -0.384. The number of nitro groups is 1. The van der Waals surface area contributed by atoms with Crippen molar-refractivity contribution in [1.82, 2.24) is 5.32 Å². The number of nitrogens with one attached hydrogen (secondary N) is 1. The molecule has 0 aliphatic rings. The number of hydrogen-bond donors (Lipinski definition) is 2. The number of carbonyl (C=O) groups is 1. The first-order valence-electron chi connectivity index (χ1n) is 5.97.